The highest BCUT2D eigenvalue weighted by Crippen LogP contribution is 2.44. The largest absolute Gasteiger partial charge is 0.497 e. The van der Waals surface area contributed by atoms with Crippen LogP contribution in [0.3, 0.4) is 0 Å². The molecular weight excluding hydrogens is 360 g/mol. The lowest BCUT2D eigenvalue weighted by Gasteiger charge is -2.31. The molecule has 1 saturated carbocycles. The van der Waals surface area contributed by atoms with Crippen LogP contribution in [0.15, 0.2) is 65.2 Å². The highest BCUT2D eigenvalue weighted by molar-refractivity contribution is 6.09. The van der Waals surface area contributed by atoms with E-state index >= 15 is 0 Å². The molecule has 2 aromatic rings. The number of nitrogens with zero attached hydrogens (tertiary/aromatic N) is 1. The molecule has 1 fully saturated rings. The van der Waals surface area contributed by atoms with E-state index in [1.165, 1.54) is 18.4 Å². The van der Waals surface area contributed by atoms with Crippen LogP contribution in [0.4, 0.5) is 0 Å². The molecule has 0 spiro atoms. The number of nitrogens with one attached hydrogen (secondary N) is 1. The van der Waals surface area contributed by atoms with Crippen molar-refractivity contribution in [1.82, 2.24) is 5.32 Å². The van der Waals surface area contributed by atoms with Crippen LogP contribution < -0.4 is 10.1 Å². The summed E-state index contributed by atoms with van der Waals surface area (Å²) < 4.78 is 5.31. The number of rotatable bonds is 5. The Hall–Kier alpha value is -2.88. The molecule has 2 aliphatic rings. The van der Waals surface area contributed by atoms with Gasteiger partial charge in [0.15, 0.2) is 0 Å². The number of aliphatic imine (C=N–C) groups is 1. The molecule has 4 heteroatoms. The van der Waals surface area contributed by atoms with E-state index in [9.17, 15) is 4.79 Å². The van der Waals surface area contributed by atoms with Gasteiger partial charge in [0, 0.05) is 17.0 Å². The molecule has 1 N–H and O–H groups in total. The topological polar surface area (TPSA) is 50.7 Å². The van der Waals surface area contributed by atoms with Crippen molar-refractivity contribution in [3.63, 3.8) is 0 Å². The molecule has 2 aromatic carbocycles. The third-order valence-corrected chi connectivity index (χ3v) is 6.11. The van der Waals surface area contributed by atoms with Crippen molar-refractivity contribution in [1.29, 1.82) is 0 Å². The summed E-state index contributed by atoms with van der Waals surface area (Å²) in [4.78, 5) is 17.7. The van der Waals surface area contributed by atoms with Gasteiger partial charge < -0.3 is 10.1 Å². The highest BCUT2D eigenvalue weighted by atomic mass is 16.5. The van der Waals surface area contributed by atoms with E-state index in [4.69, 9.17) is 9.73 Å². The molecule has 0 saturated heterocycles. The first-order valence-electron chi connectivity index (χ1n) is 10.4. The van der Waals surface area contributed by atoms with Crippen LogP contribution in [0.5, 0.6) is 5.75 Å². The number of amidine groups is 1. The van der Waals surface area contributed by atoms with Gasteiger partial charge in [0.05, 0.1) is 12.8 Å². The third kappa shape index (κ3) is 4.26. The van der Waals surface area contributed by atoms with Gasteiger partial charge in [0.1, 0.15) is 11.6 Å². The number of carbonyl (C=O) groups excluding carboxylic acids is 1. The predicted molar refractivity (Wildman–Crippen MR) is 117 cm³/mol. The zero-order valence-electron chi connectivity index (χ0n) is 17.3. The predicted octanol–water partition coefficient (Wildman–Crippen LogP) is 5.32. The normalized spacial score (nSPS) is 21.6. The minimum atomic E-state index is -0.108. The maximum atomic E-state index is 12.7. The van der Waals surface area contributed by atoms with Crippen molar-refractivity contribution in [3.05, 3.63) is 71.3 Å². The lowest BCUT2D eigenvalue weighted by Crippen LogP contribution is -2.39. The number of hydrogen-bond donors (Lipinski definition) is 1. The Bertz CT molecular complexity index is 941. The summed E-state index contributed by atoms with van der Waals surface area (Å²) in [5, 5.41) is 3.08. The van der Waals surface area contributed by atoms with Crippen LogP contribution >= 0.6 is 0 Å². The molecule has 150 valence electrons. The van der Waals surface area contributed by atoms with Crippen LogP contribution in [-0.4, -0.2) is 18.9 Å². The van der Waals surface area contributed by atoms with E-state index in [2.05, 4.69) is 31.3 Å². The maximum Gasteiger partial charge on any atom is 0.256 e. The smallest absolute Gasteiger partial charge is 0.256 e. The molecular formula is C25H28N2O2. The summed E-state index contributed by atoms with van der Waals surface area (Å²) in [5.74, 6) is 2.75. The molecule has 1 amide bonds. The quantitative estimate of drug-likeness (QED) is 0.753. The molecule has 4 rings (SSSR count). The second-order valence-corrected chi connectivity index (χ2v) is 8.14. The maximum absolute atomic E-state index is 12.7. The Morgan fingerprint density at radius 2 is 1.72 bits per heavy atom. The standard InChI is InChI=1S/C25H28N2O2/c1-16-17(2)24(27-25(28)20-7-5-4-6-8-20)26-23(22(16)15-18-9-10-18)19-11-13-21(29-3)14-12-19/h4-8,11-14,16-18H,9-10,15H2,1-3H3,(H,26,27,28). The molecule has 1 aliphatic carbocycles. The first kappa shape index (κ1) is 19.4. The first-order valence-corrected chi connectivity index (χ1v) is 10.4. The Balaban J connectivity index is 1.69. The molecule has 2 atom stereocenters. The number of methoxy groups -OCH3 is 1. The van der Waals surface area contributed by atoms with Crippen molar-refractivity contribution in [2.45, 2.75) is 33.1 Å². The van der Waals surface area contributed by atoms with Crippen LogP contribution in [0.25, 0.3) is 5.70 Å². The van der Waals surface area contributed by atoms with E-state index in [-0.39, 0.29) is 11.8 Å². The Morgan fingerprint density at radius 1 is 1.03 bits per heavy atom. The van der Waals surface area contributed by atoms with Gasteiger partial charge in [-0.05, 0) is 73.1 Å². The van der Waals surface area contributed by atoms with Crippen LogP contribution in [0, 0.1) is 17.8 Å². The molecule has 1 aliphatic heterocycles. The van der Waals surface area contributed by atoms with E-state index in [0.29, 0.717) is 11.5 Å². The van der Waals surface area contributed by atoms with Crippen molar-refractivity contribution >= 4 is 17.4 Å². The average molecular weight is 389 g/mol. The molecule has 0 aromatic heterocycles. The Labute approximate surface area is 172 Å². The zero-order chi connectivity index (χ0) is 20.4. The minimum absolute atomic E-state index is 0.108. The number of benzene rings is 2. The summed E-state index contributed by atoms with van der Waals surface area (Å²) in [6, 6.07) is 17.4. The molecule has 0 bridgehead atoms. The second kappa shape index (κ2) is 8.24. The third-order valence-electron chi connectivity index (χ3n) is 6.11. The van der Waals surface area contributed by atoms with Gasteiger partial charge in [-0.25, -0.2) is 4.99 Å². The summed E-state index contributed by atoms with van der Waals surface area (Å²) in [6.45, 7) is 4.42. The summed E-state index contributed by atoms with van der Waals surface area (Å²) in [7, 11) is 1.67. The van der Waals surface area contributed by atoms with Gasteiger partial charge in [0.25, 0.3) is 5.91 Å². The van der Waals surface area contributed by atoms with Crippen molar-refractivity contribution < 1.29 is 9.53 Å². The fraction of sp³-hybridized carbons (Fsp3) is 0.360. The molecule has 4 nitrogen and oxygen atoms in total. The lowest BCUT2D eigenvalue weighted by molar-refractivity contribution is 0.0974. The lowest BCUT2D eigenvalue weighted by atomic mass is 9.80. The first-order chi connectivity index (χ1) is 14.1. The number of carbonyl (C=O) groups is 1. The van der Waals surface area contributed by atoms with Gasteiger partial charge in [-0.15, -0.1) is 0 Å². The second-order valence-electron chi connectivity index (χ2n) is 8.14. The summed E-state index contributed by atoms with van der Waals surface area (Å²) in [5.41, 5.74) is 4.14. The van der Waals surface area contributed by atoms with E-state index < -0.39 is 0 Å². The van der Waals surface area contributed by atoms with Crippen molar-refractivity contribution in [3.8, 4) is 5.75 Å². The molecule has 0 radical (unpaired) electrons. The van der Waals surface area contributed by atoms with Crippen molar-refractivity contribution in [2.75, 3.05) is 7.11 Å². The van der Waals surface area contributed by atoms with Gasteiger partial charge in [0.2, 0.25) is 0 Å². The summed E-state index contributed by atoms with van der Waals surface area (Å²) >= 11 is 0. The minimum Gasteiger partial charge on any atom is -0.497 e. The molecule has 29 heavy (non-hydrogen) atoms. The fourth-order valence-electron chi connectivity index (χ4n) is 3.88. The van der Waals surface area contributed by atoms with E-state index in [1.807, 2.05) is 42.5 Å². The van der Waals surface area contributed by atoms with Gasteiger partial charge >= 0.3 is 0 Å². The number of amides is 1. The van der Waals surface area contributed by atoms with Crippen LogP contribution in [0.2, 0.25) is 0 Å². The SMILES string of the molecule is COc1ccc(C2=C(CC3CC3)C(C)C(C)C(NC(=O)c3ccccc3)=N2)cc1. The zero-order valence-corrected chi connectivity index (χ0v) is 17.3. The highest BCUT2D eigenvalue weighted by Gasteiger charge is 2.34. The van der Waals surface area contributed by atoms with E-state index in [1.54, 1.807) is 7.11 Å². The number of hydrogen-bond acceptors (Lipinski definition) is 3. The van der Waals surface area contributed by atoms with Crippen molar-refractivity contribution in [2.24, 2.45) is 22.7 Å². The fourth-order valence-corrected chi connectivity index (χ4v) is 3.88. The van der Waals surface area contributed by atoms with E-state index in [0.717, 1.165) is 35.2 Å². The van der Waals surface area contributed by atoms with Crippen LogP contribution in [-0.2, 0) is 0 Å². The molecule has 2 unspecified atom stereocenters. The monoisotopic (exact) mass is 388 g/mol. The van der Waals surface area contributed by atoms with Crippen LogP contribution in [0.1, 0.15) is 49.0 Å². The summed E-state index contributed by atoms with van der Waals surface area (Å²) in [6.07, 6.45) is 3.71. The molecule has 1 heterocycles. The Morgan fingerprint density at radius 3 is 2.34 bits per heavy atom. The number of ether oxygens (including phenoxy) is 1. The Kier molecular flexibility index (Phi) is 5.52. The van der Waals surface area contributed by atoms with Gasteiger partial charge in [-0.3, -0.25) is 4.79 Å². The van der Waals surface area contributed by atoms with Gasteiger partial charge in [-0.2, -0.15) is 0 Å². The van der Waals surface area contributed by atoms with Gasteiger partial charge in [-0.1, -0.05) is 32.0 Å². The average Bonchev–Trinajstić information content (AvgIpc) is 3.58. The number of allylic oxidation sites excluding steroid dienone is 1.